The second-order valence-corrected chi connectivity index (χ2v) is 5.68. The number of nitrogens with one attached hydrogen (secondary N) is 2. The van der Waals surface area contributed by atoms with Crippen molar-refractivity contribution in [2.75, 3.05) is 19.8 Å². The second kappa shape index (κ2) is 9.42. The minimum atomic E-state index is 0. The highest BCUT2D eigenvalue weighted by molar-refractivity contribution is 5.85. The van der Waals surface area contributed by atoms with Gasteiger partial charge in [0.2, 0.25) is 5.91 Å². The van der Waals surface area contributed by atoms with Crippen LogP contribution in [-0.2, 0) is 22.6 Å². The van der Waals surface area contributed by atoms with Crippen LogP contribution in [0.4, 0.5) is 0 Å². The molecule has 0 saturated carbocycles. The molecule has 2 N–H and O–H groups in total. The Morgan fingerprint density at radius 3 is 2.88 bits per heavy atom. The maximum Gasteiger partial charge on any atom is 0.221 e. The van der Waals surface area contributed by atoms with Crippen molar-refractivity contribution in [3.8, 4) is 0 Å². The van der Waals surface area contributed by atoms with Crippen molar-refractivity contribution in [3.05, 3.63) is 53.9 Å². The van der Waals surface area contributed by atoms with Gasteiger partial charge in [-0.2, -0.15) is 5.10 Å². The first kappa shape index (κ1) is 18.4. The van der Waals surface area contributed by atoms with E-state index in [9.17, 15) is 4.79 Å². The van der Waals surface area contributed by atoms with Gasteiger partial charge in [-0.15, -0.1) is 12.4 Å². The number of benzene rings is 1. The number of hydrogen-bond acceptors (Lipinski definition) is 4. The van der Waals surface area contributed by atoms with E-state index in [0.717, 1.165) is 24.3 Å². The number of halogens is 1. The van der Waals surface area contributed by atoms with Gasteiger partial charge in [0.15, 0.2) is 0 Å². The van der Waals surface area contributed by atoms with Crippen LogP contribution in [-0.4, -0.2) is 41.5 Å². The Kier molecular flexibility index (Phi) is 7.24. The quantitative estimate of drug-likeness (QED) is 0.825. The molecule has 3 rings (SSSR count). The van der Waals surface area contributed by atoms with Gasteiger partial charge in [-0.1, -0.05) is 24.3 Å². The van der Waals surface area contributed by atoms with Crippen LogP contribution in [0.2, 0.25) is 0 Å². The Hall–Kier alpha value is -1.89. The molecule has 1 fully saturated rings. The van der Waals surface area contributed by atoms with Gasteiger partial charge in [0.05, 0.1) is 19.8 Å². The summed E-state index contributed by atoms with van der Waals surface area (Å²) in [7, 11) is 0. The molecule has 2 aromatic rings. The molecule has 0 radical (unpaired) electrons. The molecule has 1 unspecified atom stereocenters. The lowest BCUT2D eigenvalue weighted by atomic mass is 10.1. The van der Waals surface area contributed by atoms with E-state index in [2.05, 4.69) is 21.8 Å². The maximum absolute atomic E-state index is 12.1. The van der Waals surface area contributed by atoms with Crippen LogP contribution in [0.25, 0.3) is 0 Å². The summed E-state index contributed by atoms with van der Waals surface area (Å²) < 4.78 is 7.25. The SMILES string of the molecule is Cl.O=C(CC1COCCN1)NCc1ccccc1Cn1cccn1. The fourth-order valence-corrected chi connectivity index (χ4v) is 2.69. The van der Waals surface area contributed by atoms with Crippen molar-refractivity contribution < 1.29 is 9.53 Å². The van der Waals surface area contributed by atoms with Crippen molar-refractivity contribution >= 4 is 18.3 Å². The summed E-state index contributed by atoms with van der Waals surface area (Å²) in [5, 5.41) is 10.5. The number of aromatic nitrogens is 2. The monoisotopic (exact) mass is 350 g/mol. The fraction of sp³-hybridized carbons (Fsp3) is 0.412. The van der Waals surface area contributed by atoms with Crippen molar-refractivity contribution in [2.45, 2.75) is 25.6 Å². The largest absolute Gasteiger partial charge is 0.378 e. The van der Waals surface area contributed by atoms with Gasteiger partial charge >= 0.3 is 0 Å². The number of rotatable bonds is 6. The molecular formula is C17H23ClN4O2. The van der Waals surface area contributed by atoms with E-state index < -0.39 is 0 Å². The van der Waals surface area contributed by atoms with Gasteiger partial charge in [0.1, 0.15) is 0 Å². The topological polar surface area (TPSA) is 68.2 Å². The fourth-order valence-electron chi connectivity index (χ4n) is 2.69. The van der Waals surface area contributed by atoms with Crippen LogP contribution in [0.5, 0.6) is 0 Å². The van der Waals surface area contributed by atoms with Gasteiger partial charge < -0.3 is 15.4 Å². The minimum Gasteiger partial charge on any atom is -0.378 e. The summed E-state index contributed by atoms with van der Waals surface area (Å²) in [5.74, 6) is 0.0434. The number of carbonyl (C=O) groups excluding carboxylic acids is 1. The predicted molar refractivity (Wildman–Crippen MR) is 94.1 cm³/mol. The molecule has 1 aromatic heterocycles. The summed E-state index contributed by atoms with van der Waals surface area (Å²) in [6.45, 7) is 3.37. The molecule has 1 aliphatic rings. The molecule has 1 aliphatic heterocycles. The molecule has 1 atom stereocenters. The first-order valence-corrected chi connectivity index (χ1v) is 7.93. The van der Waals surface area contributed by atoms with Gasteiger partial charge in [-0.3, -0.25) is 9.48 Å². The molecule has 0 spiro atoms. The zero-order valence-electron chi connectivity index (χ0n) is 13.5. The number of morpholine rings is 1. The summed E-state index contributed by atoms with van der Waals surface area (Å²) in [6, 6.07) is 10.1. The Balaban J connectivity index is 0.00000208. The van der Waals surface area contributed by atoms with Crippen molar-refractivity contribution in [1.29, 1.82) is 0 Å². The lowest BCUT2D eigenvalue weighted by Crippen LogP contribution is -2.44. The van der Waals surface area contributed by atoms with E-state index in [0.29, 0.717) is 26.1 Å². The Labute approximate surface area is 148 Å². The molecule has 7 heteroatoms. The number of nitrogens with zero attached hydrogens (tertiary/aromatic N) is 2. The molecule has 1 aromatic carbocycles. The van der Waals surface area contributed by atoms with E-state index in [1.54, 1.807) is 6.20 Å². The van der Waals surface area contributed by atoms with Gasteiger partial charge in [0.25, 0.3) is 0 Å². The summed E-state index contributed by atoms with van der Waals surface area (Å²) in [6.07, 6.45) is 4.15. The van der Waals surface area contributed by atoms with Gasteiger partial charge in [-0.05, 0) is 17.2 Å². The zero-order valence-corrected chi connectivity index (χ0v) is 14.3. The van der Waals surface area contributed by atoms with Crippen LogP contribution in [0.1, 0.15) is 17.5 Å². The highest BCUT2D eigenvalue weighted by atomic mass is 35.5. The highest BCUT2D eigenvalue weighted by Gasteiger charge is 2.16. The first-order valence-electron chi connectivity index (χ1n) is 7.93. The van der Waals surface area contributed by atoms with E-state index >= 15 is 0 Å². The first-order chi connectivity index (χ1) is 11.3. The number of hydrogen-bond donors (Lipinski definition) is 2. The molecule has 130 valence electrons. The predicted octanol–water partition coefficient (Wildman–Crippen LogP) is 1.35. The van der Waals surface area contributed by atoms with Crippen molar-refractivity contribution in [1.82, 2.24) is 20.4 Å². The lowest BCUT2D eigenvalue weighted by molar-refractivity contribution is -0.122. The summed E-state index contributed by atoms with van der Waals surface area (Å²) >= 11 is 0. The van der Waals surface area contributed by atoms with Crippen LogP contribution >= 0.6 is 12.4 Å². The average molecular weight is 351 g/mol. The second-order valence-electron chi connectivity index (χ2n) is 5.68. The number of carbonyl (C=O) groups is 1. The van der Waals surface area contributed by atoms with E-state index in [-0.39, 0.29) is 24.4 Å². The van der Waals surface area contributed by atoms with E-state index in [4.69, 9.17) is 4.74 Å². The lowest BCUT2D eigenvalue weighted by Gasteiger charge is -2.23. The molecule has 0 aliphatic carbocycles. The van der Waals surface area contributed by atoms with E-state index in [1.807, 2.05) is 35.1 Å². The normalized spacial score (nSPS) is 17.1. The summed E-state index contributed by atoms with van der Waals surface area (Å²) in [5.41, 5.74) is 2.28. The third-order valence-corrected chi connectivity index (χ3v) is 3.92. The zero-order chi connectivity index (χ0) is 15.9. The van der Waals surface area contributed by atoms with Crippen LogP contribution in [0, 0.1) is 0 Å². The maximum atomic E-state index is 12.1. The van der Waals surface area contributed by atoms with Crippen molar-refractivity contribution in [3.63, 3.8) is 0 Å². The van der Waals surface area contributed by atoms with Crippen molar-refractivity contribution in [2.24, 2.45) is 0 Å². The molecule has 24 heavy (non-hydrogen) atoms. The molecule has 6 nitrogen and oxygen atoms in total. The van der Waals surface area contributed by atoms with Gasteiger partial charge in [0, 0.05) is 37.9 Å². The number of amides is 1. The Morgan fingerprint density at radius 1 is 1.33 bits per heavy atom. The molecule has 1 amide bonds. The third kappa shape index (κ3) is 5.33. The molecular weight excluding hydrogens is 328 g/mol. The minimum absolute atomic E-state index is 0. The van der Waals surface area contributed by atoms with E-state index in [1.165, 1.54) is 0 Å². The Morgan fingerprint density at radius 2 is 2.17 bits per heavy atom. The van der Waals surface area contributed by atoms with Gasteiger partial charge in [-0.25, -0.2) is 0 Å². The standard InChI is InChI=1S/C17H22N4O2.ClH/c22-17(10-16-13-23-9-7-18-16)19-11-14-4-1-2-5-15(14)12-21-8-3-6-20-21;/h1-6,8,16,18H,7,9-13H2,(H,19,22);1H. The Bertz CT molecular complexity index is 627. The van der Waals surface area contributed by atoms with Crippen LogP contribution in [0.3, 0.4) is 0 Å². The molecule has 2 heterocycles. The molecule has 0 bridgehead atoms. The van der Waals surface area contributed by atoms with Crippen LogP contribution in [0.15, 0.2) is 42.7 Å². The van der Waals surface area contributed by atoms with Crippen LogP contribution < -0.4 is 10.6 Å². The average Bonchev–Trinajstić information content (AvgIpc) is 3.08. The highest BCUT2D eigenvalue weighted by Crippen LogP contribution is 2.10. The third-order valence-electron chi connectivity index (χ3n) is 3.92. The smallest absolute Gasteiger partial charge is 0.221 e. The number of ether oxygens (including phenoxy) is 1. The summed E-state index contributed by atoms with van der Waals surface area (Å²) in [4.78, 5) is 12.1. The molecule has 1 saturated heterocycles.